The third kappa shape index (κ3) is 6.11. The van der Waals surface area contributed by atoms with E-state index in [1.165, 1.54) is 12.0 Å². The lowest BCUT2D eigenvalue weighted by Gasteiger charge is -2.34. The van der Waals surface area contributed by atoms with Crippen molar-refractivity contribution in [2.24, 2.45) is 4.99 Å². The van der Waals surface area contributed by atoms with Gasteiger partial charge in [-0.2, -0.15) is 4.98 Å². The highest BCUT2D eigenvalue weighted by molar-refractivity contribution is 5.80. The van der Waals surface area contributed by atoms with Crippen LogP contribution in [0, 0.1) is 0 Å². The molecule has 0 saturated carbocycles. The summed E-state index contributed by atoms with van der Waals surface area (Å²) in [7, 11) is 1.80. The predicted octanol–water partition coefficient (Wildman–Crippen LogP) is 2.50. The Kier molecular flexibility index (Phi) is 7.23. The van der Waals surface area contributed by atoms with Gasteiger partial charge in [0.05, 0.1) is 0 Å². The Morgan fingerprint density at radius 3 is 2.87 bits per heavy atom. The molecule has 31 heavy (non-hydrogen) atoms. The number of aromatic nitrogens is 3. The summed E-state index contributed by atoms with van der Waals surface area (Å²) in [6, 6.07) is 16.6. The predicted molar refractivity (Wildman–Crippen MR) is 120 cm³/mol. The van der Waals surface area contributed by atoms with Crippen LogP contribution in [0.15, 0.2) is 64.2 Å². The monoisotopic (exact) mass is 419 g/mol. The first kappa shape index (κ1) is 21.0. The molecule has 1 aliphatic heterocycles. The number of likely N-dealkylation sites (tertiary alicyclic amines) is 1. The van der Waals surface area contributed by atoms with E-state index < -0.39 is 0 Å². The molecule has 0 bridgehead atoms. The molecule has 1 aliphatic rings. The maximum absolute atomic E-state index is 5.31. The first-order valence-corrected chi connectivity index (χ1v) is 10.8. The van der Waals surface area contributed by atoms with Crippen LogP contribution in [-0.4, -0.2) is 58.7 Å². The van der Waals surface area contributed by atoms with Crippen molar-refractivity contribution in [2.45, 2.75) is 31.8 Å². The zero-order chi connectivity index (χ0) is 21.3. The lowest BCUT2D eigenvalue weighted by atomic mass is 10.0. The molecule has 0 spiro atoms. The van der Waals surface area contributed by atoms with Crippen LogP contribution in [0.4, 0.5) is 0 Å². The molecular weight excluding hydrogens is 390 g/mol. The minimum atomic E-state index is 0.379. The first-order chi connectivity index (χ1) is 15.3. The number of aliphatic imine (C=N–C) groups is 1. The van der Waals surface area contributed by atoms with Gasteiger partial charge in [0.25, 0.3) is 5.89 Å². The molecule has 8 nitrogen and oxygen atoms in total. The summed E-state index contributed by atoms with van der Waals surface area (Å²) in [5.41, 5.74) is 2.04. The van der Waals surface area contributed by atoms with Crippen molar-refractivity contribution in [3.05, 3.63) is 66.1 Å². The van der Waals surface area contributed by atoms with Gasteiger partial charge in [0.1, 0.15) is 5.69 Å². The zero-order valence-electron chi connectivity index (χ0n) is 17.9. The maximum atomic E-state index is 5.31. The number of piperidine rings is 1. The van der Waals surface area contributed by atoms with Crippen LogP contribution < -0.4 is 10.6 Å². The third-order valence-corrected chi connectivity index (χ3v) is 5.31. The maximum Gasteiger partial charge on any atom is 0.276 e. The van der Waals surface area contributed by atoms with Crippen LogP contribution in [-0.2, 0) is 13.0 Å². The van der Waals surface area contributed by atoms with Crippen LogP contribution in [0.25, 0.3) is 11.6 Å². The molecule has 4 rings (SSSR count). The summed E-state index contributed by atoms with van der Waals surface area (Å²) in [6.45, 7) is 3.80. The molecule has 2 N–H and O–H groups in total. The molecule has 1 atom stereocenters. The number of benzene rings is 1. The summed E-state index contributed by atoms with van der Waals surface area (Å²) >= 11 is 0. The summed E-state index contributed by atoms with van der Waals surface area (Å²) in [5, 5.41) is 11.0. The van der Waals surface area contributed by atoms with Crippen molar-refractivity contribution < 1.29 is 4.52 Å². The quantitative estimate of drug-likeness (QED) is 0.449. The van der Waals surface area contributed by atoms with Gasteiger partial charge in [-0.25, -0.2) is 0 Å². The third-order valence-electron chi connectivity index (χ3n) is 5.31. The van der Waals surface area contributed by atoms with Gasteiger partial charge in [-0.05, 0) is 37.1 Å². The molecule has 1 unspecified atom stereocenters. The smallest absolute Gasteiger partial charge is 0.276 e. The molecule has 2 aromatic heterocycles. The average molecular weight is 420 g/mol. The van der Waals surface area contributed by atoms with E-state index in [4.69, 9.17) is 4.52 Å². The normalized spacial score (nSPS) is 17.5. The Balaban J connectivity index is 1.23. The van der Waals surface area contributed by atoms with Gasteiger partial charge in [0.2, 0.25) is 0 Å². The Morgan fingerprint density at radius 2 is 2.06 bits per heavy atom. The highest BCUT2D eigenvalue weighted by atomic mass is 16.5. The van der Waals surface area contributed by atoms with Crippen molar-refractivity contribution in [3.63, 3.8) is 0 Å². The summed E-state index contributed by atoms with van der Waals surface area (Å²) in [6.07, 6.45) is 4.68. The fourth-order valence-electron chi connectivity index (χ4n) is 3.79. The van der Waals surface area contributed by atoms with Crippen LogP contribution in [0.2, 0.25) is 0 Å². The number of nitrogens with one attached hydrogen (secondary N) is 2. The lowest BCUT2D eigenvalue weighted by Crippen LogP contribution is -2.51. The molecule has 1 aromatic carbocycles. The second-order valence-corrected chi connectivity index (χ2v) is 7.68. The second-order valence-electron chi connectivity index (χ2n) is 7.68. The number of pyridine rings is 1. The Bertz CT molecular complexity index is 958. The number of hydrogen-bond donors (Lipinski definition) is 2. The van der Waals surface area contributed by atoms with Crippen LogP contribution >= 0.6 is 0 Å². The molecule has 3 heterocycles. The van der Waals surface area contributed by atoms with Crippen molar-refractivity contribution in [3.8, 4) is 11.6 Å². The standard InChI is InChI=1S/C23H29N7O/c1-24-23(26-14-12-21-28-22(31-29-21)20-11-5-6-13-25-20)27-19-10-7-15-30(17-19)16-18-8-3-2-4-9-18/h2-6,8-9,11,13,19H,7,10,12,14-17H2,1H3,(H2,24,26,27). The topological polar surface area (TPSA) is 91.5 Å². The Morgan fingerprint density at radius 1 is 1.19 bits per heavy atom. The summed E-state index contributed by atoms with van der Waals surface area (Å²) in [5.74, 6) is 1.90. The van der Waals surface area contributed by atoms with E-state index in [1.807, 2.05) is 18.2 Å². The van der Waals surface area contributed by atoms with Crippen molar-refractivity contribution in [1.82, 2.24) is 30.7 Å². The van der Waals surface area contributed by atoms with Crippen LogP contribution in [0.1, 0.15) is 24.2 Å². The molecule has 0 aliphatic carbocycles. The van der Waals surface area contributed by atoms with Crippen molar-refractivity contribution in [2.75, 3.05) is 26.7 Å². The largest absolute Gasteiger partial charge is 0.356 e. The molecule has 3 aromatic rings. The van der Waals surface area contributed by atoms with Gasteiger partial charge < -0.3 is 15.2 Å². The van der Waals surface area contributed by atoms with E-state index in [9.17, 15) is 0 Å². The average Bonchev–Trinajstić information content (AvgIpc) is 3.29. The highest BCUT2D eigenvalue weighted by Crippen LogP contribution is 2.14. The van der Waals surface area contributed by atoms with E-state index in [0.717, 1.165) is 32.0 Å². The SMILES string of the molecule is CN=C(NCCc1noc(-c2ccccn2)n1)NC1CCCN(Cc2ccccc2)C1. The number of hydrogen-bond acceptors (Lipinski definition) is 6. The molecule has 162 valence electrons. The minimum Gasteiger partial charge on any atom is -0.356 e. The molecule has 0 amide bonds. The van der Waals surface area contributed by atoms with Gasteiger partial charge in [-0.1, -0.05) is 41.6 Å². The van der Waals surface area contributed by atoms with Gasteiger partial charge in [0, 0.05) is 45.3 Å². The Hall–Kier alpha value is -3.26. The van der Waals surface area contributed by atoms with Gasteiger partial charge in [-0.15, -0.1) is 0 Å². The van der Waals surface area contributed by atoms with E-state index in [2.05, 4.69) is 66.0 Å². The van der Waals surface area contributed by atoms with Gasteiger partial charge in [0.15, 0.2) is 11.8 Å². The van der Waals surface area contributed by atoms with Crippen molar-refractivity contribution >= 4 is 5.96 Å². The van der Waals surface area contributed by atoms with Crippen molar-refractivity contribution in [1.29, 1.82) is 0 Å². The first-order valence-electron chi connectivity index (χ1n) is 10.8. The van der Waals surface area contributed by atoms with E-state index >= 15 is 0 Å². The van der Waals surface area contributed by atoms with Gasteiger partial charge >= 0.3 is 0 Å². The minimum absolute atomic E-state index is 0.379. The van der Waals surface area contributed by atoms with E-state index in [-0.39, 0.29) is 0 Å². The molecular formula is C23H29N7O. The molecule has 8 heteroatoms. The molecule has 1 fully saturated rings. The number of nitrogens with zero attached hydrogens (tertiary/aromatic N) is 5. The fraction of sp³-hybridized carbons (Fsp3) is 0.391. The lowest BCUT2D eigenvalue weighted by molar-refractivity contribution is 0.192. The number of guanidine groups is 1. The zero-order valence-corrected chi connectivity index (χ0v) is 17.9. The Labute approximate surface area is 182 Å². The fourth-order valence-corrected chi connectivity index (χ4v) is 3.79. The van der Waals surface area contributed by atoms with Crippen LogP contribution in [0.3, 0.4) is 0 Å². The second kappa shape index (κ2) is 10.7. The molecule has 0 radical (unpaired) electrons. The van der Waals surface area contributed by atoms with E-state index in [1.54, 1.807) is 13.2 Å². The highest BCUT2D eigenvalue weighted by Gasteiger charge is 2.20. The number of rotatable bonds is 7. The van der Waals surface area contributed by atoms with E-state index in [0.29, 0.717) is 36.4 Å². The van der Waals surface area contributed by atoms with Gasteiger partial charge in [-0.3, -0.25) is 14.9 Å². The summed E-state index contributed by atoms with van der Waals surface area (Å²) < 4.78 is 5.31. The van der Waals surface area contributed by atoms with Crippen LogP contribution in [0.5, 0.6) is 0 Å². The summed E-state index contributed by atoms with van der Waals surface area (Å²) in [4.78, 5) is 15.5. The molecule has 1 saturated heterocycles.